The van der Waals surface area contributed by atoms with Crippen LogP contribution in [0.15, 0.2) is 0 Å². The van der Waals surface area contributed by atoms with Crippen LogP contribution in [0.3, 0.4) is 0 Å². The van der Waals surface area contributed by atoms with E-state index in [0.717, 1.165) is 32.2 Å². The molecule has 106 valence electrons. The summed E-state index contributed by atoms with van der Waals surface area (Å²) in [5, 5.41) is 5.47. The second-order valence-electron chi connectivity index (χ2n) is 5.33. The van der Waals surface area contributed by atoms with Gasteiger partial charge in [0.15, 0.2) is 0 Å². The molecule has 0 aromatic carbocycles. The summed E-state index contributed by atoms with van der Waals surface area (Å²) in [6.07, 6.45) is 3.64. The van der Waals surface area contributed by atoms with Crippen molar-refractivity contribution in [3.05, 3.63) is 0 Å². The lowest BCUT2D eigenvalue weighted by Gasteiger charge is -2.19. The lowest BCUT2D eigenvalue weighted by molar-refractivity contribution is -0.118. The minimum atomic E-state index is -0.442. The molecule has 0 aliphatic carbocycles. The van der Waals surface area contributed by atoms with Gasteiger partial charge in [0.1, 0.15) is 5.60 Å². The first-order valence-electron chi connectivity index (χ1n) is 6.52. The fourth-order valence-electron chi connectivity index (χ4n) is 1.37. The lowest BCUT2D eigenvalue weighted by atomic mass is 10.2. The van der Waals surface area contributed by atoms with Crippen LogP contribution in [0.4, 0.5) is 4.79 Å². The van der Waals surface area contributed by atoms with Gasteiger partial charge in [0.05, 0.1) is 0 Å². The molecule has 0 fully saturated rings. The number of carbonyl (C=O) groups is 2. The molecule has 0 unspecified atom stereocenters. The zero-order valence-corrected chi connectivity index (χ0v) is 12.0. The topological polar surface area (TPSA) is 67.4 Å². The number of nitrogens with one attached hydrogen (secondary N) is 2. The normalized spacial score (nSPS) is 10.9. The average Bonchev–Trinajstić information content (AvgIpc) is 2.18. The van der Waals surface area contributed by atoms with E-state index in [1.165, 1.54) is 6.92 Å². The Hall–Kier alpha value is -1.26. The van der Waals surface area contributed by atoms with Crippen LogP contribution in [-0.2, 0) is 9.53 Å². The average molecular weight is 258 g/mol. The highest BCUT2D eigenvalue weighted by atomic mass is 16.6. The fourth-order valence-corrected chi connectivity index (χ4v) is 1.37. The number of hydrogen-bond acceptors (Lipinski definition) is 3. The smallest absolute Gasteiger partial charge is 0.407 e. The summed E-state index contributed by atoms with van der Waals surface area (Å²) in [5.74, 6) is 0.0154. The van der Waals surface area contributed by atoms with E-state index in [9.17, 15) is 9.59 Å². The highest BCUT2D eigenvalue weighted by Crippen LogP contribution is 2.06. The minimum Gasteiger partial charge on any atom is -0.444 e. The predicted octanol–water partition coefficient (Wildman–Crippen LogP) is 2.21. The first-order chi connectivity index (χ1) is 8.31. The number of hydrogen-bond donors (Lipinski definition) is 2. The van der Waals surface area contributed by atoms with Crippen molar-refractivity contribution in [2.45, 2.75) is 59.0 Å². The molecule has 0 aliphatic rings. The Morgan fingerprint density at radius 1 is 0.944 bits per heavy atom. The molecule has 0 atom stereocenters. The van der Waals surface area contributed by atoms with Crippen LogP contribution in [0.1, 0.15) is 53.4 Å². The maximum Gasteiger partial charge on any atom is 0.407 e. The van der Waals surface area contributed by atoms with Crippen LogP contribution in [0.2, 0.25) is 0 Å². The Kier molecular flexibility index (Phi) is 8.16. The number of rotatable bonds is 7. The van der Waals surface area contributed by atoms with Crippen LogP contribution in [0, 0.1) is 0 Å². The molecule has 0 saturated heterocycles. The molecule has 2 amide bonds. The molecule has 0 rings (SSSR count). The van der Waals surface area contributed by atoms with E-state index in [-0.39, 0.29) is 12.0 Å². The van der Waals surface area contributed by atoms with Gasteiger partial charge in [-0.2, -0.15) is 0 Å². The van der Waals surface area contributed by atoms with E-state index in [4.69, 9.17) is 4.74 Å². The summed E-state index contributed by atoms with van der Waals surface area (Å²) in [7, 11) is 0. The van der Waals surface area contributed by atoms with Crippen LogP contribution in [0.25, 0.3) is 0 Å². The van der Waals surface area contributed by atoms with Gasteiger partial charge in [-0.1, -0.05) is 12.8 Å². The number of alkyl carbamates (subject to hydrolysis) is 1. The highest BCUT2D eigenvalue weighted by Gasteiger charge is 2.15. The number of unbranched alkanes of at least 4 members (excludes halogenated alkanes) is 3. The van der Waals surface area contributed by atoms with Gasteiger partial charge in [-0.15, -0.1) is 0 Å². The van der Waals surface area contributed by atoms with E-state index in [0.29, 0.717) is 6.54 Å². The summed E-state index contributed by atoms with van der Waals surface area (Å²) >= 11 is 0. The summed E-state index contributed by atoms with van der Waals surface area (Å²) < 4.78 is 5.11. The standard InChI is InChI=1S/C13H26N2O3/c1-11(16)14-9-7-5-6-8-10-15-12(17)18-13(2,3)4/h5-10H2,1-4H3,(H,14,16)(H,15,17). The molecule has 2 N–H and O–H groups in total. The van der Waals surface area contributed by atoms with E-state index >= 15 is 0 Å². The monoisotopic (exact) mass is 258 g/mol. The predicted molar refractivity (Wildman–Crippen MR) is 71.4 cm³/mol. The van der Waals surface area contributed by atoms with Gasteiger partial charge in [0.25, 0.3) is 0 Å². The van der Waals surface area contributed by atoms with Crippen molar-refractivity contribution >= 4 is 12.0 Å². The molecule has 0 radical (unpaired) electrons. The van der Waals surface area contributed by atoms with Gasteiger partial charge in [-0.25, -0.2) is 4.79 Å². The molecule has 18 heavy (non-hydrogen) atoms. The Morgan fingerprint density at radius 2 is 1.44 bits per heavy atom. The summed E-state index contributed by atoms with van der Waals surface area (Å²) in [5.41, 5.74) is -0.442. The minimum absolute atomic E-state index is 0.0154. The largest absolute Gasteiger partial charge is 0.444 e. The first kappa shape index (κ1) is 16.7. The van der Waals surface area contributed by atoms with Crippen LogP contribution >= 0.6 is 0 Å². The molecule has 0 aromatic rings. The van der Waals surface area contributed by atoms with Gasteiger partial charge in [0, 0.05) is 20.0 Å². The van der Waals surface area contributed by atoms with Crippen LogP contribution in [0.5, 0.6) is 0 Å². The van der Waals surface area contributed by atoms with Crippen molar-refractivity contribution in [2.75, 3.05) is 13.1 Å². The van der Waals surface area contributed by atoms with E-state index in [1.807, 2.05) is 20.8 Å². The molecular weight excluding hydrogens is 232 g/mol. The van der Waals surface area contributed by atoms with Crippen molar-refractivity contribution in [1.82, 2.24) is 10.6 Å². The van der Waals surface area contributed by atoms with Gasteiger partial charge in [-0.3, -0.25) is 4.79 Å². The number of ether oxygens (including phenoxy) is 1. The van der Waals surface area contributed by atoms with E-state index in [1.54, 1.807) is 0 Å². The zero-order chi connectivity index (χ0) is 14.0. The number of carbonyl (C=O) groups excluding carboxylic acids is 2. The Labute approximate surface area is 110 Å². The van der Waals surface area contributed by atoms with Gasteiger partial charge < -0.3 is 15.4 Å². The Balaban J connectivity index is 3.30. The molecule has 5 heteroatoms. The SMILES string of the molecule is CC(=O)NCCCCCCNC(=O)OC(C)(C)C. The summed E-state index contributed by atoms with van der Waals surface area (Å²) in [6.45, 7) is 8.41. The fraction of sp³-hybridized carbons (Fsp3) is 0.846. The third kappa shape index (κ3) is 12.8. The van der Waals surface area contributed by atoms with Crippen molar-refractivity contribution in [3.8, 4) is 0 Å². The van der Waals surface area contributed by atoms with Crippen molar-refractivity contribution in [1.29, 1.82) is 0 Å². The maximum absolute atomic E-state index is 11.3. The number of amides is 2. The summed E-state index contributed by atoms with van der Waals surface area (Å²) in [4.78, 5) is 21.9. The first-order valence-corrected chi connectivity index (χ1v) is 6.52. The molecule has 0 saturated carbocycles. The third-order valence-electron chi connectivity index (χ3n) is 2.15. The van der Waals surface area contributed by atoms with Crippen molar-refractivity contribution in [3.63, 3.8) is 0 Å². The molecule has 0 heterocycles. The molecule has 5 nitrogen and oxygen atoms in total. The quantitative estimate of drug-likeness (QED) is 0.688. The highest BCUT2D eigenvalue weighted by molar-refractivity contribution is 5.72. The second kappa shape index (κ2) is 8.78. The molecule has 0 bridgehead atoms. The van der Waals surface area contributed by atoms with Crippen molar-refractivity contribution < 1.29 is 14.3 Å². The Morgan fingerprint density at radius 3 is 1.89 bits per heavy atom. The molecule has 0 aromatic heterocycles. The zero-order valence-electron chi connectivity index (χ0n) is 12.0. The second-order valence-corrected chi connectivity index (χ2v) is 5.33. The molecule has 0 aliphatic heterocycles. The maximum atomic E-state index is 11.3. The lowest BCUT2D eigenvalue weighted by Crippen LogP contribution is -2.33. The van der Waals surface area contributed by atoms with Gasteiger partial charge >= 0.3 is 6.09 Å². The molecule has 0 spiro atoms. The van der Waals surface area contributed by atoms with Gasteiger partial charge in [-0.05, 0) is 33.6 Å². The summed E-state index contributed by atoms with van der Waals surface area (Å²) in [6, 6.07) is 0. The van der Waals surface area contributed by atoms with Crippen LogP contribution < -0.4 is 10.6 Å². The van der Waals surface area contributed by atoms with Crippen LogP contribution in [-0.4, -0.2) is 30.7 Å². The van der Waals surface area contributed by atoms with Gasteiger partial charge in [0.2, 0.25) is 5.91 Å². The third-order valence-corrected chi connectivity index (χ3v) is 2.15. The Bertz CT molecular complexity index is 259. The van der Waals surface area contributed by atoms with E-state index < -0.39 is 5.60 Å². The van der Waals surface area contributed by atoms with Crippen molar-refractivity contribution in [2.24, 2.45) is 0 Å². The van der Waals surface area contributed by atoms with E-state index in [2.05, 4.69) is 10.6 Å². The molecular formula is C13H26N2O3.